The highest BCUT2D eigenvalue weighted by atomic mass is 79.9. The molecule has 0 bridgehead atoms. The summed E-state index contributed by atoms with van der Waals surface area (Å²) in [7, 11) is 1.46. The van der Waals surface area contributed by atoms with Crippen molar-refractivity contribution in [3.63, 3.8) is 0 Å². The van der Waals surface area contributed by atoms with Gasteiger partial charge < -0.3 is 20.4 Å². The molecular weight excluding hydrogens is 519 g/mol. The molecule has 4 rings (SSSR count). The predicted octanol–water partition coefficient (Wildman–Crippen LogP) is 2.13. The lowest BCUT2D eigenvalue weighted by atomic mass is 9.82. The Morgan fingerprint density at radius 3 is 2.63 bits per heavy atom. The summed E-state index contributed by atoms with van der Waals surface area (Å²) in [6.45, 7) is 3.97. The number of hydrogen-bond acceptors (Lipinski definition) is 6. The van der Waals surface area contributed by atoms with E-state index in [4.69, 9.17) is 0 Å². The third kappa shape index (κ3) is 5.21. The van der Waals surface area contributed by atoms with Crippen molar-refractivity contribution in [3.05, 3.63) is 61.7 Å². The standard InChI is InChI=1S/C25H32BrFN4O4/c1-4-19(28-20-6-5-9-24(20,2)34)25(35)13-31(14-25)23(33)22-16(11-21(32)30(3)29-22)10-15-7-8-17(26)12-18(15)27/h7-8,11-12,19-20,28,34-35H,4-6,9-10,13-14H2,1-3H3/t19-,20?,24?/m0/s1. The molecule has 2 aliphatic rings. The molecular formula is C25H32BrFN4O4. The second kappa shape index (κ2) is 9.72. The molecule has 1 aliphatic heterocycles. The summed E-state index contributed by atoms with van der Waals surface area (Å²) in [4.78, 5) is 27.1. The first kappa shape index (κ1) is 25.9. The average molecular weight is 551 g/mol. The molecule has 1 saturated heterocycles. The number of carbonyl (C=O) groups is 1. The van der Waals surface area contributed by atoms with E-state index in [9.17, 15) is 24.2 Å². The van der Waals surface area contributed by atoms with Gasteiger partial charge in [-0.05, 0) is 55.9 Å². The number of β-amino-alcohol motifs (C(OH)–C–C–N with tert-alkyl or cyclic N) is 1. The first-order valence-corrected chi connectivity index (χ1v) is 12.7. The van der Waals surface area contributed by atoms with Crippen LogP contribution in [0, 0.1) is 5.82 Å². The van der Waals surface area contributed by atoms with Crippen LogP contribution in [0.15, 0.2) is 33.5 Å². The number of carbonyl (C=O) groups excluding carboxylic acids is 1. The molecule has 1 amide bonds. The Morgan fingerprint density at radius 2 is 2.03 bits per heavy atom. The maximum absolute atomic E-state index is 14.4. The van der Waals surface area contributed by atoms with Crippen LogP contribution in [0.5, 0.6) is 0 Å². The Balaban J connectivity index is 1.52. The van der Waals surface area contributed by atoms with Gasteiger partial charge in [-0.25, -0.2) is 9.07 Å². The number of aromatic nitrogens is 2. The summed E-state index contributed by atoms with van der Waals surface area (Å²) in [6, 6.07) is 5.55. The molecule has 2 heterocycles. The number of nitrogens with one attached hydrogen (secondary N) is 1. The first-order valence-electron chi connectivity index (χ1n) is 11.9. The largest absolute Gasteiger partial charge is 0.389 e. The zero-order chi connectivity index (χ0) is 25.5. The summed E-state index contributed by atoms with van der Waals surface area (Å²) in [5.41, 5.74) is -1.61. The zero-order valence-corrected chi connectivity index (χ0v) is 21.8. The second-order valence-electron chi connectivity index (χ2n) is 10.1. The number of aliphatic hydroxyl groups is 2. The quantitative estimate of drug-likeness (QED) is 0.487. The Kier molecular flexibility index (Phi) is 7.21. The molecule has 1 aliphatic carbocycles. The van der Waals surface area contributed by atoms with Crippen molar-refractivity contribution in [1.82, 2.24) is 20.0 Å². The van der Waals surface area contributed by atoms with Crippen molar-refractivity contribution in [2.24, 2.45) is 7.05 Å². The van der Waals surface area contributed by atoms with Gasteiger partial charge in [-0.2, -0.15) is 5.10 Å². The van der Waals surface area contributed by atoms with Crippen LogP contribution in [0.1, 0.15) is 61.1 Å². The van der Waals surface area contributed by atoms with E-state index in [2.05, 4.69) is 26.3 Å². The van der Waals surface area contributed by atoms with Crippen molar-refractivity contribution in [3.8, 4) is 0 Å². The highest BCUT2D eigenvalue weighted by molar-refractivity contribution is 9.10. The van der Waals surface area contributed by atoms with Gasteiger partial charge in [0, 0.05) is 36.1 Å². The van der Waals surface area contributed by atoms with Gasteiger partial charge in [0.05, 0.1) is 18.7 Å². The number of amides is 1. The normalized spacial score (nSPS) is 24.3. The molecule has 10 heteroatoms. The van der Waals surface area contributed by atoms with Crippen LogP contribution in [0.2, 0.25) is 0 Å². The van der Waals surface area contributed by atoms with Crippen LogP contribution >= 0.6 is 15.9 Å². The van der Waals surface area contributed by atoms with Crippen LogP contribution in [-0.4, -0.2) is 67.2 Å². The lowest BCUT2D eigenvalue weighted by molar-refractivity contribution is -0.111. The van der Waals surface area contributed by atoms with Gasteiger partial charge in [0.1, 0.15) is 11.4 Å². The van der Waals surface area contributed by atoms with E-state index in [1.807, 2.05) is 13.8 Å². The topological polar surface area (TPSA) is 108 Å². The minimum Gasteiger partial charge on any atom is -0.389 e. The average Bonchev–Trinajstić information content (AvgIpc) is 3.11. The molecule has 35 heavy (non-hydrogen) atoms. The molecule has 1 saturated carbocycles. The maximum Gasteiger partial charge on any atom is 0.274 e. The van der Waals surface area contributed by atoms with E-state index in [1.54, 1.807) is 12.1 Å². The monoisotopic (exact) mass is 550 g/mol. The SMILES string of the molecule is CC[C@H](NC1CCCC1(C)O)C1(O)CN(C(=O)c2nn(C)c(=O)cc2Cc2ccc(Br)cc2F)C1. The van der Waals surface area contributed by atoms with Crippen molar-refractivity contribution < 1.29 is 19.4 Å². The zero-order valence-electron chi connectivity index (χ0n) is 20.2. The highest BCUT2D eigenvalue weighted by Gasteiger charge is 2.51. The predicted molar refractivity (Wildman–Crippen MR) is 133 cm³/mol. The number of hydrogen-bond donors (Lipinski definition) is 3. The van der Waals surface area contributed by atoms with E-state index in [-0.39, 0.29) is 37.3 Å². The van der Waals surface area contributed by atoms with E-state index >= 15 is 0 Å². The number of halogens is 2. The van der Waals surface area contributed by atoms with E-state index < -0.39 is 28.5 Å². The summed E-state index contributed by atoms with van der Waals surface area (Å²) >= 11 is 3.23. The highest BCUT2D eigenvalue weighted by Crippen LogP contribution is 2.34. The summed E-state index contributed by atoms with van der Waals surface area (Å²) in [5.74, 6) is -0.864. The fourth-order valence-corrected chi connectivity index (χ4v) is 5.53. The maximum atomic E-state index is 14.4. The Labute approximate surface area is 212 Å². The second-order valence-corrected chi connectivity index (χ2v) is 11.0. The molecule has 1 aromatic carbocycles. The van der Waals surface area contributed by atoms with Gasteiger partial charge >= 0.3 is 0 Å². The van der Waals surface area contributed by atoms with Crippen LogP contribution in [0.3, 0.4) is 0 Å². The van der Waals surface area contributed by atoms with Gasteiger partial charge in [-0.1, -0.05) is 28.9 Å². The third-order valence-corrected chi connectivity index (χ3v) is 7.86. The van der Waals surface area contributed by atoms with Gasteiger partial charge in [-0.3, -0.25) is 9.59 Å². The van der Waals surface area contributed by atoms with Gasteiger partial charge in [-0.15, -0.1) is 0 Å². The third-order valence-electron chi connectivity index (χ3n) is 7.37. The van der Waals surface area contributed by atoms with E-state index in [0.717, 1.165) is 17.5 Å². The summed E-state index contributed by atoms with van der Waals surface area (Å²) < 4.78 is 16.1. The Bertz CT molecular complexity index is 1180. The number of aryl methyl sites for hydroxylation is 1. The lowest BCUT2D eigenvalue weighted by Gasteiger charge is -2.51. The molecule has 3 atom stereocenters. The fourth-order valence-electron chi connectivity index (χ4n) is 5.20. The lowest BCUT2D eigenvalue weighted by Crippen LogP contribution is -2.72. The van der Waals surface area contributed by atoms with Gasteiger partial charge in [0.25, 0.3) is 11.5 Å². The van der Waals surface area contributed by atoms with E-state index in [1.165, 1.54) is 24.1 Å². The molecule has 0 radical (unpaired) electrons. The summed E-state index contributed by atoms with van der Waals surface area (Å²) in [6.07, 6.45) is 3.14. The van der Waals surface area contributed by atoms with Crippen LogP contribution in [0.4, 0.5) is 4.39 Å². The minimum absolute atomic E-state index is 0.0390. The molecule has 0 spiro atoms. The van der Waals surface area contributed by atoms with Crippen LogP contribution < -0.4 is 10.9 Å². The van der Waals surface area contributed by atoms with Crippen molar-refractivity contribution in [1.29, 1.82) is 0 Å². The number of likely N-dealkylation sites (tertiary alicyclic amines) is 1. The number of benzene rings is 1. The van der Waals surface area contributed by atoms with Gasteiger partial charge in [0.2, 0.25) is 0 Å². The van der Waals surface area contributed by atoms with Crippen molar-refractivity contribution in [2.75, 3.05) is 13.1 Å². The molecule has 2 unspecified atom stereocenters. The molecule has 1 aromatic heterocycles. The van der Waals surface area contributed by atoms with Crippen molar-refractivity contribution >= 4 is 21.8 Å². The molecule has 3 N–H and O–H groups in total. The molecule has 2 aromatic rings. The van der Waals surface area contributed by atoms with Crippen molar-refractivity contribution in [2.45, 2.75) is 69.2 Å². The van der Waals surface area contributed by atoms with Crippen LogP contribution in [-0.2, 0) is 13.5 Å². The molecule has 8 nitrogen and oxygen atoms in total. The molecule has 190 valence electrons. The summed E-state index contributed by atoms with van der Waals surface area (Å²) in [5, 5.41) is 29.5. The van der Waals surface area contributed by atoms with Gasteiger partial charge in [0.15, 0.2) is 5.69 Å². The van der Waals surface area contributed by atoms with Crippen LogP contribution in [0.25, 0.3) is 0 Å². The minimum atomic E-state index is -1.14. The Morgan fingerprint density at radius 1 is 1.31 bits per heavy atom. The molecule has 2 fully saturated rings. The van der Waals surface area contributed by atoms with E-state index in [0.29, 0.717) is 28.4 Å². The Hall–Kier alpha value is -2.14. The number of rotatable bonds is 7. The first-order chi connectivity index (χ1) is 16.4. The fraction of sp³-hybridized carbons (Fsp3) is 0.560. The smallest absolute Gasteiger partial charge is 0.274 e. The number of nitrogens with zero attached hydrogens (tertiary/aromatic N) is 3.